The largest absolute Gasteiger partial charge is 0.467 e. The van der Waals surface area contributed by atoms with Crippen molar-refractivity contribution in [2.45, 2.75) is 31.9 Å². The lowest BCUT2D eigenvalue weighted by atomic mass is 10.2. The van der Waals surface area contributed by atoms with Crippen molar-refractivity contribution < 1.29 is 13.9 Å². The van der Waals surface area contributed by atoms with Gasteiger partial charge < -0.3 is 19.4 Å². The van der Waals surface area contributed by atoms with E-state index >= 15 is 0 Å². The van der Waals surface area contributed by atoms with E-state index in [1.54, 1.807) is 17.6 Å². The topological polar surface area (TPSA) is 54.7 Å². The molecule has 0 spiro atoms. The Morgan fingerprint density at radius 3 is 3.17 bits per heavy atom. The Balaban J connectivity index is 1.34. The van der Waals surface area contributed by atoms with Crippen LogP contribution in [0.5, 0.6) is 0 Å². The van der Waals surface area contributed by atoms with Gasteiger partial charge in [-0.1, -0.05) is 6.07 Å². The highest BCUT2D eigenvalue weighted by Crippen LogP contribution is 2.34. The van der Waals surface area contributed by atoms with Crippen LogP contribution in [0.25, 0.3) is 0 Å². The van der Waals surface area contributed by atoms with Gasteiger partial charge in [0.05, 0.1) is 12.3 Å². The van der Waals surface area contributed by atoms with Crippen LogP contribution in [0, 0.1) is 0 Å². The van der Waals surface area contributed by atoms with Gasteiger partial charge >= 0.3 is 6.03 Å². The highest BCUT2D eigenvalue weighted by molar-refractivity contribution is 7.10. The van der Waals surface area contributed by atoms with Crippen molar-refractivity contribution in [3.63, 3.8) is 0 Å². The van der Waals surface area contributed by atoms with Crippen molar-refractivity contribution in [3.8, 4) is 0 Å². The van der Waals surface area contributed by atoms with E-state index in [0.717, 1.165) is 31.6 Å². The molecular weight excluding hydrogens is 312 g/mol. The summed E-state index contributed by atoms with van der Waals surface area (Å²) in [5, 5.41) is 5.07. The number of hydrogen-bond acceptors (Lipinski definition) is 4. The summed E-state index contributed by atoms with van der Waals surface area (Å²) in [6.45, 7) is 2.55. The number of carbonyl (C=O) groups excluding carboxylic acids is 1. The van der Waals surface area contributed by atoms with Crippen LogP contribution < -0.4 is 5.32 Å². The number of amides is 2. The van der Waals surface area contributed by atoms with Crippen molar-refractivity contribution in [1.82, 2.24) is 10.2 Å². The molecule has 124 valence electrons. The quantitative estimate of drug-likeness (QED) is 0.784. The maximum Gasteiger partial charge on any atom is 0.317 e. The molecule has 1 saturated heterocycles. The van der Waals surface area contributed by atoms with Gasteiger partial charge in [-0.3, -0.25) is 0 Å². The molecule has 3 rings (SSSR count). The second kappa shape index (κ2) is 8.17. The third-order valence-electron chi connectivity index (χ3n) is 3.95. The van der Waals surface area contributed by atoms with Gasteiger partial charge in [0.15, 0.2) is 0 Å². The highest BCUT2D eigenvalue weighted by Gasteiger charge is 2.30. The van der Waals surface area contributed by atoms with Crippen molar-refractivity contribution in [3.05, 3.63) is 46.5 Å². The lowest BCUT2D eigenvalue weighted by Gasteiger charge is -2.24. The van der Waals surface area contributed by atoms with Crippen molar-refractivity contribution in [2.24, 2.45) is 0 Å². The summed E-state index contributed by atoms with van der Waals surface area (Å²) in [6.07, 6.45) is 4.56. The van der Waals surface area contributed by atoms with E-state index in [9.17, 15) is 4.79 Å². The average molecular weight is 334 g/mol. The monoisotopic (exact) mass is 334 g/mol. The van der Waals surface area contributed by atoms with Gasteiger partial charge in [-0.15, -0.1) is 11.3 Å². The second-order valence-electron chi connectivity index (χ2n) is 5.58. The van der Waals surface area contributed by atoms with Crippen molar-refractivity contribution in [1.29, 1.82) is 0 Å². The Kier molecular flexibility index (Phi) is 5.71. The number of nitrogens with zero attached hydrogens (tertiary/aromatic N) is 1. The number of likely N-dealkylation sites (tertiary alicyclic amines) is 1. The zero-order valence-electron chi connectivity index (χ0n) is 13.1. The van der Waals surface area contributed by atoms with Crippen LogP contribution in [0.15, 0.2) is 40.3 Å². The summed E-state index contributed by atoms with van der Waals surface area (Å²) in [7, 11) is 0. The molecule has 1 aliphatic rings. The van der Waals surface area contributed by atoms with Gasteiger partial charge in [0.1, 0.15) is 12.4 Å². The fraction of sp³-hybridized carbons (Fsp3) is 0.471. The molecule has 3 heterocycles. The summed E-state index contributed by atoms with van der Waals surface area (Å²) in [6, 6.07) is 8.17. The van der Waals surface area contributed by atoms with Crippen molar-refractivity contribution >= 4 is 17.4 Å². The molecule has 0 bridgehead atoms. The zero-order valence-corrected chi connectivity index (χ0v) is 13.9. The molecule has 1 unspecified atom stereocenters. The van der Waals surface area contributed by atoms with E-state index in [1.807, 2.05) is 23.1 Å². The molecule has 1 aliphatic heterocycles. The number of ether oxygens (including phenoxy) is 1. The SMILES string of the molecule is O=C(NCCCOCc1ccco1)N1CCCC1c1cccs1. The second-order valence-corrected chi connectivity index (χ2v) is 6.56. The fourth-order valence-electron chi connectivity index (χ4n) is 2.83. The third kappa shape index (κ3) is 4.36. The van der Waals surface area contributed by atoms with Gasteiger partial charge in [0.25, 0.3) is 0 Å². The third-order valence-corrected chi connectivity index (χ3v) is 4.92. The summed E-state index contributed by atoms with van der Waals surface area (Å²) >= 11 is 1.72. The van der Waals surface area contributed by atoms with Crippen LogP contribution >= 0.6 is 11.3 Å². The van der Waals surface area contributed by atoms with Gasteiger partial charge in [-0.2, -0.15) is 0 Å². The summed E-state index contributed by atoms with van der Waals surface area (Å²) in [5.74, 6) is 0.824. The first-order valence-electron chi connectivity index (χ1n) is 8.02. The molecule has 0 saturated carbocycles. The average Bonchev–Trinajstić information content (AvgIpc) is 3.32. The van der Waals surface area contributed by atoms with Crippen LogP contribution in [0.4, 0.5) is 4.79 Å². The molecule has 1 atom stereocenters. The molecule has 2 amide bonds. The Morgan fingerprint density at radius 2 is 2.39 bits per heavy atom. The van der Waals surface area contributed by atoms with Crippen LogP contribution in [0.3, 0.4) is 0 Å². The Morgan fingerprint density at radius 1 is 1.43 bits per heavy atom. The first-order chi connectivity index (χ1) is 11.3. The van der Waals surface area contributed by atoms with Crippen LogP contribution in [-0.4, -0.2) is 30.6 Å². The minimum absolute atomic E-state index is 0.0342. The maximum atomic E-state index is 12.3. The van der Waals surface area contributed by atoms with E-state index in [4.69, 9.17) is 9.15 Å². The number of urea groups is 1. The molecule has 1 N–H and O–H groups in total. The summed E-state index contributed by atoms with van der Waals surface area (Å²) in [5.41, 5.74) is 0. The van der Waals surface area contributed by atoms with Gasteiger partial charge in [0, 0.05) is 24.6 Å². The Hall–Kier alpha value is -1.79. The molecule has 23 heavy (non-hydrogen) atoms. The first kappa shape index (κ1) is 16.1. The van der Waals surface area contributed by atoms with E-state index in [2.05, 4.69) is 16.8 Å². The lowest BCUT2D eigenvalue weighted by molar-refractivity contribution is 0.104. The molecule has 0 aliphatic carbocycles. The predicted molar refractivity (Wildman–Crippen MR) is 89.4 cm³/mol. The lowest BCUT2D eigenvalue weighted by Crippen LogP contribution is -2.39. The minimum atomic E-state index is 0.0342. The standard InChI is InChI=1S/C17H22N2O3S/c20-17(18-8-4-10-21-13-14-5-2-11-22-14)19-9-1-6-15(19)16-7-3-12-23-16/h2-3,5,7,11-12,15H,1,4,6,8-10,13H2,(H,18,20). The molecule has 0 aromatic carbocycles. The summed E-state index contributed by atoms with van der Waals surface area (Å²) in [4.78, 5) is 15.6. The maximum absolute atomic E-state index is 12.3. The van der Waals surface area contributed by atoms with Crippen LogP contribution in [0.2, 0.25) is 0 Å². The molecule has 5 nitrogen and oxygen atoms in total. The molecule has 2 aromatic heterocycles. The number of thiophene rings is 1. The van der Waals surface area contributed by atoms with Gasteiger partial charge in [0.2, 0.25) is 0 Å². The van der Waals surface area contributed by atoms with Crippen LogP contribution in [-0.2, 0) is 11.3 Å². The Labute approximate surface area is 140 Å². The number of nitrogens with one attached hydrogen (secondary N) is 1. The molecule has 6 heteroatoms. The number of hydrogen-bond donors (Lipinski definition) is 1. The van der Waals surface area contributed by atoms with Gasteiger partial charge in [-0.25, -0.2) is 4.79 Å². The molecule has 2 aromatic rings. The molecule has 0 radical (unpaired) electrons. The molecule has 1 fully saturated rings. The first-order valence-corrected chi connectivity index (χ1v) is 8.90. The van der Waals surface area contributed by atoms with E-state index in [-0.39, 0.29) is 12.1 Å². The number of furan rings is 1. The zero-order chi connectivity index (χ0) is 15.9. The Bertz CT molecular complexity index is 583. The highest BCUT2D eigenvalue weighted by atomic mass is 32.1. The molecular formula is C17H22N2O3S. The van der Waals surface area contributed by atoms with Crippen molar-refractivity contribution in [2.75, 3.05) is 19.7 Å². The summed E-state index contributed by atoms with van der Waals surface area (Å²) < 4.78 is 10.7. The predicted octanol–water partition coefficient (Wildman–Crippen LogP) is 3.79. The number of rotatable bonds is 7. The smallest absolute Gasteiger partial charge is 0.317 e. The van der Waals surface area contributed by atoms with E-state index in [0.29, 0.717) is 19.8 Å². The van der Waals surface area contributed by atoms with E-state index < -0.39 is 0 Å². The number of carbonyl (C=O) groups is 1. The normalized spacial score (nSPS) is 17.6. The minimum Gasteiger partial charge on any atom is -0.467 e. The van der Waals surface area contributed by atoms with Crippen LogP contribution in [0.1, 0.15) is 35.9 Å². The fourth-order valence-corrected chi connectivity index (χ4v) is 3.70. The van der Waals surface area contributed by atoms with Gasteiger partial charge in [-0.05, 0) is 42.8 Å². The van der Waals surface area contributed by atoms with E-state index in [1.165, 1.54) is 4.88 Å².